The first kappa shape index (κ1) is 20.0. The zero-order valence-electron chi connectivity index (χ0n) is 14.4. The van der Waals surface area contributed by atoms with Crippen molar-refractivity contribution < 1.29 is 14.2 Å². The van der Waals surface area contributed by atoms with Crippen LogP contribution in [0.4, 0.5) is 0 Å². The molecule has 0 radical (unpaired) electrons. The van der Waals surface area contributed by atoms with E-state index in [2.05, 4.69) is 39.2 Å². The first-order chi connectivity index (χ1) is 8.85. The van der Waals surface area contributed by atoms with Crippen molar-refractivity contribution in [2.24, 2.45) is 0 Å². The fourth-order valence-electron chi connectivity index (χ4n) is 1.83. The predicted octanol–water partition coefficient (Wildman–Crippen LogP) is 3.38. The summed E-state index contributed by atoms with van der Waals surface area (Å²) in [6.45, 7) is 17.1. The number of hydrogen-bond donors (Lipinski definition) is 1. The third kappa shape index (κ3) is 6.16. The first-order valence-corrected chi connectivity index (χ1v) is 10.2. The Labute approximate surface area is 126 Å². The van der Waals surface area contributed by atoms with Gasteiger partial charge in [-0.1, -0.05) is 20.8 Å². The van der Waals surface area contributed by atoms with Gasteiger partial charge in [-0.05, 0) is 38.4 Å². The fourth-order valence-corrected chi connectivity index (χ4v) is 3.19. The van der Waals surface area contributed by atoms with Crippen molar-refractivity contribution in [1.29, 1.82) is 0 Å². The van der Waals surface area contributed by atoms with Crippen LogP contribution in [0.2, 0.25) is 25.0 Å². The van der Waals surface area contributed by atoms with Gasteiger partial charge in [0.15, 0.2) is 8.32 Å². The Kier molecular flexibility index (Phi) is 7.28. The molecule has 0 aliphatic carbocycles. The second kappa shape index (κ2) is 7.29. The van der Waals surface area contributed by atoms with Gasteiger partial charge in [-0.3, -0.25) is 0 Å². The van der Waals surface area contributed by atoms with Crippen molar-refractivity contribution in [2.75, 3.05) is 6.54 Å². The molecule has 0 bridgehead atoms. The minimum absolute atomic E-state index is 0.0252. The van der Waals surface area contributed by atoms with Gasteiger partial charge in [0.05, 0.1) is 0 Å². The zero-order chi connectivity index (χ0) is 16.2. The van der Waals surface area contributed by atoms with Crippen molar-refractivity contribution in [3.8, 4) is 0 Å². The van der Waals surface area contributed by atoms with Gasteiger partial charge in [-0.25, -0.2) is 0 Å². The fraction of sp³-hybridized carbons (Fsp3) is 1.00. The molecule has 1 aliphatic rings. The predicted molar refractivity (Wildman–Crippen MR) is 87.3 cm³/mol. The smallest absolute Gasteiger partial charge is 0.192 e. The van der Waals surface area contributed by atoms with E-state index in [1.807, 2.05) is 13.8 Å². The molecule has 1 rings (SSSR count). The molecule has 0 spiro atoms. The Balaban J connectivity index is 0.00000110. The largest absolute Gasteiger partial charge is 0.655 e. The van der Waals surface area contributed by atoms with Gasteiger partial charge < -0.3 is 14.8 Å². The van der Waals surface area contributed by atoms with Gasteiger partial charge in [-0.15, -0.1) is 12.6 Å². The van der Waals surface area contributed by atoms with E-state index in [4.69, 9.17) is 9.13 Å². The summed E-state index contributed by atoms with van der Waals surface area (Å²) in [5, 5.41) is 14.7. The van der Waals surface area contributed by atoms with Crippen molar-refractivity contribution >= 4 is 15.5 Å². The van der Waals surface area contributed by atoms with Crippen LogP contribution >= 0.6 is 0 Å². The number of aliphatic hydroxyl groups is 1. The van der Waals surface area contributed by atoms with Crippen LogP contribution in [0.15, 0.2) is 0 Å². The van der Waals surface area contributed by atoms with Gasteiger partial charge in [0, 0.05) is 11.7 Å². The van der Waals surface area contributed by atoms with E-state index < -0.39 is 13.9 Å². The van der Waals surface area contributed by atoms with Crippen LogP contribution in [0.1, 0.15) is 41.0 Å². The Morgan fingerprint density at radius 3 is 2.00 bits per heavy atom. The van der Waals surface area contributed by atoms with Crippen LogP contribution < -0.4 is 0 Å². The van der Waals surface area contributed by atoms with Gasteiger partial charge in [0.2, 0.25) is 0 Å². The average Bonchev–Trinajstić information content (AvgIpc) is 2.64. The summed E-state index contributed by atoms with van der Waals surface area (Å²) < 4.78 is 15.1. The molecule has 0 amide bonds. The summed E-state index contributed by atoms with van der Waals surface area (Å²) in [6, 6.07) is 0.0252. The molecule has 0 aromatic rings. The third-order valence-corrected chi connectivity index (χ3v) is 8.63. The van der Waals surface area contributed by atoms with Gasteiger partial charge in [0.25, 0.3) is 0 Å². The molecule has 0 saturated carbocycles. The van der Waals surface area contributed by atoms with Crippen LogP contribution in [-0.4, -0.2) is 44.9 Å². The van der Waals surface area contributed by atoms with E-state index in [1.54, 1.807) is 0 Å². The maximum Gasteiger partial charge on any atom is 0.192 e. The molecule has 1 heterocycles. The van der Waals surface area contributed by atoms with E-state index in [-0.39, 0.29) is 17.2 Å². The molecule has 1 aliphatic heterocycles. The number of rotatable bonds is 3. The number of hydrogen-bond acceptors (Lipinski definition) is 3. The Bertz CT molecular complexity index is 311. The van der Waals surface area contributed by atoms with E-state index in [9.17, 15) is 5.11 Å². The van der Waals surface area contributed by atoms with Gasteiger partial charge in [-0.2, -0.15) is 0 Å². The van der Waals surface area contributed by atoms with Crippen molar-refractivity contribution in [2.45, 2.75) is 83.7 Å². The van der Waals surface area contributed by atoms with Crippen LogP contribution in [-0.2, 0) is 9.13 Å². The molecular weight excluding hydrogens is 269 g/mol. The van der Waals surface area contributed by atoms with Crippen LogP contribution in [0.25, 0.3) is 5.32 Å². The monoisotopic (exact) mass is 300 g/mol. The van der Waals surface area contributed by atoms with Crippen molar-refractivity contribution in [3.63, 3.8) is 0 Å². The topological polar surface area (TPSA) is 60.6 Å². The molecule has 1 fully saturated rings. The average molecular weight is 300 g/mol. The molecule has 118 valence electrons. The van der Waals surface area contributed by atoms with Crippen molar-refractivity contribution in [3.05, 3.63) is 5.32 Å². The normalized spacial score (nSPS) is 23.9. The summed E-state index contributed by atoms with van der Waals surface area (Å²) in [5.41, 5.74) is -0.717. The maximum absolute atomic E-state index is 9.96. The van der Waals surface area contributed by atoms with Gasteiger partial charge >= 0.3 is 18.7 Å². The second-order valence-electron chi connectivity index (χ2n) is 7.51. The molecular formula is C14H31BNO3Si-. The standard InChI is InChI=1S/C13H28NO2Si.CH3BO/c1-12(2,3)17(6,7)16-10-8-11(14-9-10)13(4,5)15;1-2-3/h10-11,15H,8-9H2,1-7H3;1H3/q-1;/t10-,11-;/m0./s1. The van der Waals surface area contributed by atoms with Crippen LogP contribution in [0.3, 0.4) is 0 Å². The Morgan fingerprint density at radius 1 is 1.25 bits per heavy atom. The molecule has 2 atom stereocenters. The molecule has 1 N–H and O–H groups in total. The van der Waals surface area contributed by atoms with Crippen LogP contribution in [0, 0.1) is 0 Å². The summed E-state index contributed by atoms with van der Waals surface area (Å²) in [6.07, 6.45) is 1.06. The summed E-state index contributed by atoms with van der Waals surface area (Å²) in [7, 11) is -0.950. The van der Waals surface area contributed by atoms with E-state index in [0.29, 0.717) is 0 Å². The second-order valence-corrected chi connectivity index (χ2v) is 12.3. The molecule has 20 heavy (non-hydrogen) atoms. The third-order valence-electron chi connectivity index (χ3n) is 4.10. The number of nitrogens with zero attached hydrogens (tertiary/aromatic N) is 1. The molecule has 1 saturated heterocycles. The molecule has 0 unspecified atom stereocenters. The zero-order valence-corrected chi connectivity index (χ0v) is 15.4. The maximum atomic E-state index is 9.96. The van der Waals surface area contributed by atoms with E-state index in [1.165, 1.54) is 6.82 Å². The Hall–Kier alpha value is -0.0382. The summed E-state index contributed by atoms with van der Waals surface area (Å²) >= 11 is 0. The van der Waals surface area contributed by atoms with E-state index >= 15 is 0 Å². The summed E-state index contributed by atoms with van der Waals surface area (Å²) in [5.74, 6) is 0. The van der Waals surface area contributed by atoms with E-state index in [0.717, 1.165) is 20.1 Å². The molecule has 6 heteroatoms. The summed E-state index contributed by atoms with van der Waals surface area (Å²) in [4.78, 5) is 0. The molecule has 4 nitrogen and oxygen atoms in total. The minimum Gasteiger partial charge on any atom is -0.655 e. The molecule has 0 aromatic carbocycles. The van der Waals surface area contributed by atoms with Crippen LogP contribution in [0.5, 0.6) is 0 Å². The first-order valence-electron chi connectivity index (χ1n) is 7.31. The Morgan fingerprint density at radius 2 is 1.70 bits per heavy atom. The quantitative estimate of drug-likeness (QED) is 0.813. The minimum atomic E-state index is -1.70. The van der Waals surface area contributed by atoms with Gasteiger partial charge in [0.1, 0.15) is 0 Å². The van der Waals surface area contributed by atoms with Crippen molar-refractivity contribution in [1.82, 2.24) is 0 Å². The molecule has 0 aromatic heterocycles. The SMILES string of the molecule is CB=O.CC(C)(O)[C@@H]1C[C@H](O[Si](C)(C)C(C)(C)C)C[N-]1.